The van der Waals surface area contributed by atoms with Crippen molar-refractivity contribution in [3.63, 3.8) is 0 Å². The lowest BCUT2D eigenvalue weighted by Crippen LogP contribution is -2.40. The third-order valence-electron chi connectivity index (χ3n) is 6.53. The topological polar surface area (TPSA) is 64.1 Å². The third-order valence-corrected chi connectivity index (χ3v) is 14.2. The summed E-state index contributed by atoms with van der Waals surface area (Å²) in [4.78, 5) is 9.71. The summed E-state index contributed by atoms with van der Waals surface area (Å²) < 4.78 is 22.1. The van der Waals surface area contributed by atoms with Crippen molar-refractivity contribution in [3.8, 4) is 11.1 Å². The predicted octanol–water partition coefficient (Wildman–Crippen LogP) is 8.02. The summed E-state index contributed by atoms with van der Waals surface area (Å²) in [6.07, 6.45) is 5.33. The van der Waals surface area contributed by atoms with Gasteiger partial charge >= 0.3 is 0 Å². The second-order valence-corrected chi connectivity index (χ2v) is 19.8. The lowest BCUT2D eigenvalue weighted by molar-refractivity contribution is 0.273. The normalized spacial score (nSPS) is 13.5. The van der Waals surface area contributed by atoms with Crippen LogP contribution in [-0.4, -0.2) is 27.2 Å². The molecule has 0 aliphatic heterocycles. The molecule has 0 fully saturated rings. The van der Waals surface area contributed by atoms with Gasteiger partial charge in [-0.05, 0) is 85.9 Å². The van der Waals surface area contributed by atoms with E-state index in [1.165, 1.54) is 11.8 Å². The number of rotatable bonds is 9. The van der Waals surface area contributed by atoms with Crippen molar-refractivity contribution in [3.05, 3.63) is 71.1 Å². The Kier molecular flexibility index (Phi) is 9.80. The largest absolute Gasteiger partial charge is 0.412 e. The van der Waals surface area contributed by atoms with Gasteiger partial charge in [-0.3, -0.25) is 4.98 Å². The summed E-state index contributed by atoms with van der Waals surface area (Å²) in [6, 6.07) is 12.0. The molecule has 3 rings (SSSR count). The van der Waals surface area contributed by atoms with E-state index in [9.17, 15) is 4.21 Å². The molecule has 1 atom stereocenters. The molecule has 1 N–H and O–H groups in total. The van der Waals surface area contributed by atoms with E-state index in [4.69, 9.17) is 16.0 Å². The molecule has 0 aliphatic carbocycles. The van der Waals surface area contributed by atoms with Crippen molar-refractivity contribution in [2.75, 3.05) is 0 Å². The van der Waals surface area contributed by atoms with E-state index in [1.807, 2.05) is 45.0 Å². The molecule has 0 spiro atoms. The van der Waals surface area contributed by atoms with E-state index in [0.29, 0.717) is 18.2 Å². The maximum absolute atomic E-state index is 12.8. The van der Waals surface area contributed by atoms with Crippen LogP contribution in [0.15, 0.2) is 64.9 Å². The second-order valence-electron chi connectivity index (χ2n) is 11.5. The first kappa shape index (κ1) is 30.0. The van der Waals surface area contributed by atoms with Crippen LogP contribution in [0.5, 0.6) is 0 Å². The molecule has 0 saturated carbocycles. The molecule has 9 heteroatoms. The quantitative estimate of drug-likeness (QED) is 0.262. The Morgan fingerprint density at radius 3 is 2.30 bits per heavy atom. The fraction of sp³-hybridized carbons (Fsp3) is 0.429. The lowest BCUT2D eigenvalue weighted by atomic mass is 10.0. The van der Waals surface area contributed by atoms with Gasteiger partial charge in [0.2, 0.25) is 0 Å². The molecule has 0 amide bonds. The molecular weight excluding hydrogens is 538 g/mol. The monoisotopic (exact) mass is 575 g/mol. The fourth-order valence-electron chi connectivity index (χ4n) is 3.16. The minimum Gasteiger partial charge on any atom is -0.412 e. The Morgan fingerprint density at radius 1 is 1.00 bits per heavy atom. The summed E-state index contributed by atoms with van der Waals surface area (Å²) in [6.45, 7) is 18.0. The van der Waals surface area contributed by atoms with Gasteiger partial charge in [0.1, 0.15) is 5.03 Å². The number of hydrogen-bond donors (Lipinski definition) is 1. The maximum atomic E-state index is 12.8. The van der Waals surface area contributed by atoms with Crippen LogP contribution in [0.4, 0.5) is 0 Å². The first-order valence-electron chi connectivity index (χ1n) is 12.3. The van der Waals surface area contributed by atoms with Crippen LogP contribution in [0.25, 0.3) is 11.1 Å². The molecule has 0 radical (unpaired) electrons. The fourth-order valence-corrected chi connectivity index (χ4v) is 6.17. The molecule has 0 aliphatic rings. The van der Waals surface area contributed by atoms with Gasteiger partial charge in [0.15, 0.2) is 8.32 Å². The van der Waals surface area contributed by atoms with E-state index in [-0.39, 0.29) is 9.79 Å². The Hall–Kier alpha value is -1.55. The molecule has 3 aromatic rings. The predicted molar refractivity (Wildman–Crippen MR) is 160 cm³/mol. The number of hydrogen-bond acceptors (Lipinski definition) is 5. The molecule has 200 valence electrons. The number of pyridine rings is 2. The summed E-state index contributed by atoms with van der Waals surface area (Å²) in [5, 5.41) is 1.61. The summed E-state index contributed by atoms with van der Waals surface area (Å²) in [5.41, 5.74) is 4.00. The van der Waals surface area contributed by atoms with Crippen molar-refractivity contribution in [2.24, 2.45) is 0 Å². The summed E-state index contributed by atoms with van der Waals surface area (Å²) >= 11 is 8.44. The molecule has 0 saturated heterocycles. The van der Waals surface area contributed by atoms with Crippen molar-refractivity contribution in [1.29, 1.82) is 0 Å². The molecule has 2 aromatic heterocycles. The Balaban J connectivity index is 1.97. The maximum Gasteiger partial charge on any atom is 0.192 e. The van der Waals surface area contributed by atoms with Gasteiger partial charge in [-0.2, -0.15) is 0 Å². The van der Waals surface area contributed by atoms with Gasteiger partial charge in [0.25, 0.3) is 0 Å². The minimum atomic E-state index is -1.92. The number of nitrogens with zero attached hydrogens (tertiary/aromatic N) is 2. The highest BCUT2D eigenvalue weighted by Crippen LogP contribution is 2.41. The molecule has 1 unspecified atom stereocenters. The van der Waals surface area contributed by atoms with Gasteiger partial charge in [-0.25, -0.2) is 13.9 Å². The number of halogens is 1. The average Bonchev–Trinajstić information content (AvgIpc) is 2.82. The van der Waals surface area contributed by atoms with Crippen LogP contribution in [0, 0.1) is 0 Å². The minimum absolute atomic E-state index is 0.121. The average molecular weight is 576 g/mol. The van der Waals surface area contributed by atoms with Crippen molar-refractivity contribution >= 4 is 42.7 Å². The zero-order valence-electron chi connectivity index (χ0n) is 23.0. The SMILES string of the molecule is CC(C)(C)S(=O)NCc1cc(-c2ccncc2)cc(Cl)c1Sc1ncccc1CO[Si](C)(C)C(C)(C)C. The van der Waals surface area contributed by atoms with Crippen LogP contribution in [0.1, 0.15) is 52.7 Å². The van der Waals surface area contributed by atoms with Gasteiger partial charge < -0.3 is 4.43 Å². The first-order chi connectivity index (χ1) is 17.2. The third kappa shape index (κ3) is 7.97. The van der Waals surface area contributed by atoms with Crippen LogP contribution in [0.2, 0.25) is 23.2 Å². The smallest absolute Gasteiger partial charge is 0.192 e. The second kappa shape index (κ2) is 12.1. The van der Waals surface area contributed by atoms with E-state index in [1.54, 1.807) is 18.6 Å². The zero-order valence-corrected chi connectivity index (χ0v) is 26.4. The molecule has 1 aromatic carbocycles. The van der Waals surface area contributed by atoms with Crippen molar-refractivity contribution in [2.45, 2.75) is 87.5 Å². The summed E-state index contributed by atoms with van der Waals surface area (Å²) in [7, 11) is -3.14. The standard InChI is InChI=1S/C28H38ClN3O2S2Si/c1-27(2,3)36(33)32-18-23-16-22(20-11-14-30-15-12-20)17-24(29)25(23)35-26-21(10-9-13-31-26)19-34-37(7,8)28(4,5)6/h9-17,32H,18-19H2,1-8H3. The van der Waals surface area contributed by atoms with E-state index in [0.717, 1.165) is 32.2 Å². The van der Waals surface area contributed by atoms with Gasteiger partial charge in [-0.15, -0.1) is 0 Å². The van der Waals surface area contributed by atoms with Gasteiger partial charge in [0, 0.05) is 35.6 Å². The highest BCUT2D eigenvalue weighted by molar-refractivity contribution is 7.99. The Labute approximate surface area is 234 Å². The molecular formula is C28H38ClN3O2S2Si. The van der Waals surface area contributed by atoms with Gasteiger partial charge in [0.05, 0.1) is 27.4 Å². The highest BCUT2D eigenvalue weighted by atomic mass is 35.5. The van der Waals surface area contributed by atoms with Crippen LogP contribution in [0.3, 0.4) is 0 Å². The molecule has 0 bridgehead atoms. The number of nitrogens with one attached hydrogen (secondary N) is 1. The van der Waals surface area contributed by atoms with Gasteiger partial charge in [-0.1, -0.05) is 50.2 Å². The van der Waals surface area contributed by atoms with E-state index in [2.05, 4.69) is 60.7 Å². The molecule has 2 heterocycles. The Bertz CT molecular complexity index is 1240. The highest BCUT2D eigenvalue weighted by Gasteiger charge is 2.37. The van der Waals surface area contributed by atoms with Crippen molar-refractivity contribution in [1.82, 2.24) is 14.7 Å². The van der Waals surface area contributed by atoms with E-state index >= 15 is 0 Å². The number of aromatic nitrogens is 2. The van der Waals surface area contributed by atoms with Crippen LogP contribution < -0.4 is 4.72 Å². The lowest BCUT2D eigenvalue weighted by Gasteiger charge is -2.36. The zero-order chi connectivity index (χ0) is 27.4. The number of benzene rings is 1. The molecule has 37 heavy (non-hydrogen) atoms. The first-order valence-corrected chi connectivity index (χ1v) is 17.6. The summed E-state index contributed by atoms with van der Waals surface area (Å²) in [5.74, 6) is 0. The van der Waals surface area contributed by atoms with Crippen molar-refractivity contribution < 1.29 is 8.63 Å². The molecule has 5 nitrogen and oxygen atoms in total. The van der Waals surface area contributed by atoms with Crippen LogP contribution in [-0.2, 0) is 28.6 Å². The van der Waals surface area contributed by atoms with E-state index < -0.39 is 19.3 Å². The van der Waals surface area contributed by atoms with Crippen LogP contribution >= 0.6 is 23.4 Å². The Morgan fingerprint density at radius 2 is 1.68 bits per heavy atom.